The molecule has 1 aromatic rings. The highest BCUT2D eigenvalue weighted by Crippen LogP contribution is 2.01. The Bertz CT molecular complexity index is 375. The number of nitriles is 1. The average Bonchev–Trinajstić information content (AvgIpc) is 2.65. The molecule has 0 bridgehead atoms. The molecule has 0 aromatic carbocycles. The highest BCUT2D eigenvalue weighted by Gasteiger charge is 2.05. The number of carbonyl (C=O) groups excluding carboxylic acids is 1. The second-order valence-electron chi connectivity index (χ2n) is 3.45. The van der Waals surface area contributed by atoms with Crippen molar-refractivity contribution in [3.8, 4) is 6.07 Å². The third-order valence-corrected chi connectivity index (χ3v) is 2.10. The van der Waals surface area contributed by atoms with Crippen molar-refractivity contribution in [2.24, 2.45) is 0 Å². The van der Waals surface area contributed by atoms with Crippen molar-refractivity contribution >= 4 is 5.91 Å². The highest BCUT2D eigenvalue weighted by atomic mass is 16.2. The van der Waals surface area contributed by atoms with Gasteiger partial charge in [-0.25, -0.2) is 4.98 Å². The summed E-state index contributed by atoms with van der Waals surface area (Å²) in [7, 11) is 3.47. The lowest BCUT2D eigenvalue weighted by atomic mass is 10.3. The molecule has 1 amide bonds. The first-order chi connectivity index (χ1) is 7.15. The van der Waals surface area contributed by atoms with Gasteiger partial charge in [0.1, 0.15) is 6.07 Å². The van der Waals surface area contributed by atoms with Gasteiger partial charge >= 0.3 is 0 Å². The monoisotopic (exact) mass is 206 g/mol. The molecule has 1 rings (SSSR count). The van der Waals surface area contributed by atoms with E-state index in [2.05, 4.69) is 4.98 Å². The van der Waals surface area contributed by atoms with Gasteiger partial charge in [0, 0.05) is 39.5 Å². The van der Waals surface area contributed by atoms with E-state index in [0.717, 1.165) is 6.42 Å². The van der Waals surface area contributed by atoms with Crippen LogP contribution in [0.25, 0.3) is 0 Å². The van der Waals surface area contributed by atoms with Gasteiger partial charge in [0.05, 0.1) is 0 Å². The maximum absolute atomic E-state index is 11.3. The third kappa shape index (κ3) is 3.09. The fourth-order valence-corrected chi connectivity index (χ4v) is 1.23. The number of aryl methyl sites for hydroxylation is 1. The van der Waals surface area contributed by atoms with E-state index in [1.807, 2.05) is 6.07 Å². The lowest BCUT2D eigenvalue weighted by Gasteiger charge is -2.09. The van der Waals surface area contributed by atoms with Crippen LogP contribution in [-0.4, -0.2) is 34.5 Å². The summed E-state index contributed by atoms with van der Waals surface area (Å²) in [6, 6.07) is 1.99. The number of carbonyl (C=O) groups is 1. The molecule has 0 atom stereocenters. The molecule has 15 heavy (non-hydrogen) atoms. The molecular weight excluding hydrogens is 192 g/mol. The van der Waals surface area contributed by atoms with Gasteiger partial charge in [-0.05, 0) is 6.42 Å². The standard InChI is InChI=1S/C10H14N4O/c1-13(2)10(15)4-3-6-14-7-5-12-9(14)8-11/h5,7H,3-4,6H2,1-2H3. The van der Waals surface area contributed by atoms with Crippen molar-refractivity contribution in [2.75, 3.05) is 14.1 Å². The third-order valence-electron chi connectivity index (χ3n) is 2.10. The van der Waals surface area contributed by atoms with Gasteiger partial charge in [-0.1, -0.05) is 0 Å². The van der Waals surface area contributed by atoms with Crippen molar-refractivity contribution < 1.29 is 4.79 Å². The normalized spacial score (nSPS) is 9.67. The number of hydrogen-bond donors (Lipinski definition) is 0. The van der Waals surface area contributed by atoms with Crippen LogP contribution < -0.4 is 0 Å². The topological polar surface area (TPSA) is 61.9 Å². The van der Waals surface area contributed by atoms with Crippen LogP contribution in [0.3, 0.4) is 0 Å². The number of imidazole rings is 1. The van der Waals surface area contributed by atoms with Crippen molar-refractivity contribution in [1.82, 2.24) is 14.5 Å². The quantitative estimate of drug-likeness (QED) is 0.725. The number of hydrogen-bond acceptors (Lipinski definition) is 3. The van der Waals surface area contributed by atoms with E-state index in [1.165, 1.54) is 0 Å². The molecule has 80 valence electrons. The van der Waals surface area contributed by atoms with Gasteiger partial charge in [-0.2, -0.15) is 5.26 Å². The lowest BCUT2D eigenvalue weighted by Crippen LogP contribution is -2.21. The van der Waals surface area contributed by atoms with E-state index in [1.54, 1.807) is 36.0 Å². The summed E-state index contributed by atoms with van der Waals surface area (Å²) in [5.74, 6) is 0.501. The number of aromatic nitrogens is 2. The van der Waals surface area contributed by atoms with Crippen LogP contribution in [0.4, 0.5) is 0 Å². The van der Waals surface area contributed by atoms with Crippen molar-refractivity contribution in [1.29, 1.82) is 5.26 Å². The molecule has 0 radical (unpaired) electrons. The minimum absolute atomic E-state index is 0.105. The largest absolute Gasteiger partial charge is 0.349 e. The van der Waals surface area contributed by atoms with Crippen LogP contribution in [0.15, 0.2) is 12.4 Å². The fraction of sp³-hybridized carbons (Fsp3) is 0.500. The molecular formula is C10H14N4O. The first-order valence-electron chi connectivity index (χ1n) is 4.76. The molecule has 0 fully saturated rings. The van der Waals surface area contributed by atoms with E-state index < -0.39 is 0 Å². The zero-order valence-electron chi connectivity index (χ0n) is 8.97. The van der Waals surface area contributed by atoms with Crippen molar-refractivity contribution in [2.45, 2.75) is 19.4 Å². The van der Waals surface area contributed by atoms with E-state index in [-0.39, 0.29) is 5.91 Å². The zero-order valence-corrected chi connectivity index (χ0v) is 8.97. The summed E-state index contributed by atoms with van der Waals surface area (Å²) in [6.45, 7) is 0.655. The number of nitrogens with zero attached hydrogens (tertiary/aromatic N) is 4. The molecule has 5 nitrogen and oxygen atoms in total. The summed E-state index contributed by atoms with van der Waals surface area (Å²) < 4.78 is 1.75. The Labute approximate surface area is 88.9 Å². The summed E-state index contributed by atoms with van der Waals surface area (Å²) in [6.07, 6.45) is 4.56. The van der Waals surface area contributed by atoms with Crippen LogP contribution in [0, 0.1) is 11.3 Å². The Balaban J connectivity index is 2.39. The van der Waals surface area contributed by atoms with Gasteiger partial charge in [-0.3, -0.25) is 4.79 Å². The van der Waals surface area contributed by atoms with Gasteiger partial charge in [0.25, 0.3) is 0 Å². The van der Waals surface area contributed by atoms with Crippen LogP contribution in [-0.2, 0) is 11.3 Å². The molecule has 5 heteroatoms. The van der Waals surface area contributed by atoms with E-state index >= 15 is 0 Å². The maximum Gasteiger partial charge on any atom is 0.222 e. The molecule has 0 aliphatic rings. The Morgan fingerprint density at radius 2 is 2.40 bits per heavy atom. The highest BCUT2D eigenvalue weighted by molar-refractivity contribution is 5.75. The molecule has 0 spiro atoms. The Hall–Kier alpha value is -1.83. The van der Waals surface area contributed by atoms with Crippen molar-refractivity contribution in [3.05, 3.63) is 18.2 Å². The summed E-state index contributed by atoms with van der Waals surface area (Å²) >= 11 is 0. The molecule has 0 saturated heterocycles. The molecule has 1 aromatic heterocycles. The van der Waals surface area contributed by atoms with E-state index in [0.29, 0.717) is 18.8 Å². The maximum atomic E-state index is 11.3. The van der Waals surface area contributed by atoms with Crippen LogP contribution in [0.1, 0.15) is 18.7 Å². The second-order valence-corrected chi connectivity index (χ2v) is 3.45. The predicted molar refractivity (Wildman–Crippen MR) is 54.9 cm³/mol. The summed E-state index contributed by atoms with van der Waals surface area (Å²) in [5.41, 5.74) is 0. The minimum atomic E-state index is 0.105. The summed E-state index contributed by atoms with van der Waals surface area (Å²) in [4.78, 5) is 16.7. The minimum Gasteiger partial charge on any atom is -0.349 e. The molecule has 1 heterocycles. The summed E-state index contributed by atoms with van der Waals surface area (Å²) in [5, 5.41) is 8.70. The molecule has 0 aliphatic carbocycles. The van der Waals surface area contributed by atoms with Crippen molar-refractivity contribution in [3.63, 3.8) is 0 Å². The molecule has 0 N–H and O–H groups in total. The first-order valence-corrected chi connectivity index (χ1v) is 4.76. The van der Waals surface area contributed by atoms with E-state index in [9.17, 15) is 4.79 Å². The van der Waals surface area contributed by atoms with Crippen LogP contribution in [0.5, 0.6) is 0 Å². The van der Waals surface area contributed by atoms with E-state index in [4.69, 9.17) is 5.26 Å². The van der Waals surface area contributed by atoms with Gasteiger partial charge in [0.2, 0.25) is 11.7 Å². The predicted octanol–water partition coefficient (Wildman–Crippen LogP) is 0.623. The fourth-order valence-electron chi connectivity index (χ4n) is 1.23. The average molecular weight is 206 g/mol. The Morgan fingerprint density at radius 3 is 3.00 bits per heavy atom. The second kappa shape index (κ2) is 5.15. The lowest BCUT2D eigenvalue weighted by molar-refractivity contribution is -0.128. The van der Waals surface area contributed by atoms with Gasteiger partial charge in [-0.15, -0.1) is 0 Å². The zero-order chi connectivity index (χ0) is 11.3. The molecule has 0 unspecified atom stereocenters. The van der Waals surface area contributed by atoms with Gasteiger partial charge < -0.3 is 9.47 Å². The molecule has 0 saturated carbocycles. The first kappa shape index (κ1) is 11.2. The Kier molecular flexibility index (Phi) is 3.86. The van der Waals surface area contributed by atoms with Crippen LogP contribution in [0.2, 0.25) is 0 Å². The Morgan fingerprint density at radius 1 is 1.67 bits per heavy atom. The molecule has 0 aliphatic heterocycles. The smallest absolute Gasteiger partial charge is 0.222 e. The number of amides is 1. The van der Waals surface area contributed by atoms with Gasteiger partial charge in [0.15, 0.2) is 0 Å². The number of rotatable bonds is 4. The van der Waals surface area contributed by atoms with Crippen LogP contribution >= 0.6 is 0 Å². The SMILES string of the molecule is CN(C)C(=O)CCCn1ccnc1C#N.